The fourth-order valence-corrected chi connectivity index (χ4v) is 2.47. The second-order valence-corrected chi connectivity index (χ2v) is 5.29. The molecule has 0 radical (unpaired) electrons. The molecule has 5 heteroatoms. The van der Waals surface area contributed by atoms with E-state index in [1.807, 2.05) is 13.2 Å². The number of hydrogen-bond acceptors (Lipinski definition) is 3. The zero-order valence-electron chi connectivity index (χ0n) is 11.3. The number of rotatable bonds is 7. The standard InChI is InChI=1S/C12H23NO3S/c1-6-10(7-17-5)13(4)11(14)8(2)9(3)12(15)16/h8-10H,6-7H2,1-5H3,(H,15,16). The lowest BCUT2D eigenvalue weighted by atomic mass is 9.94. The highest BCUT2D eigenvalue weighted by Gasteiger charge is 2.30. The van der Waals surface area contributed by atoms with Gasteiger partial charge in [-0.2, -0.15) is 11.8 Å². The van der Waals surface area contributed by atoms with Gasteiger partial charge in [-0.05, 0) is 12.7 Å². The van der Waals surface area contributed by atoms with E-state index in [4.69, 9.17) is 5.11 Å². The first-order valence-electron chi connectivity index (χ1n) is 5.85. The van der Waals surface area contributed by atoms with Crippen LogP contribution in [0.15, 0.2) is 0 Å². The molecule has 0 spiro atoms. The lowest BCUT2D eigenvalue weighted by Crippen LogP contribution is -2.43. The highest BCUT2D eigenvalue weighted by Crippen LogP contribution is 2.17. The van der Waals surface area contributed by atoms with E-state index in [9.17, 15) is 9.59 Å². The van der Waals surface area contributed by atoms with Crippen molar-refractivity contribution in [1.29, 1.82) is 0 Å². The van der Waals surface area contributed by atoms with Gasteiger partial charge in [0.2, 0.25) is 5.91 Å². The molecule has 0 aliphatic heterocycles. The summed E-state index contributed by atoms with van der Waals surface area (Å²) in [4.78, 5) is 24.7. The Balaban J connectivity index is 4.62. The Morgan fingerprint density at radius 3 is 2.18 bits per heavy atom. The lowest BCUT2D eigenvalue weighted by Gasteiger charge is -2.30. The van der Waals surface area contributed by atoms with Crippen LogP contribution in [0, 0.1) is 11.8 Å². The van der Waals surface area contributed by atoms with Crippen LogP contribution >= 0.6 is 11.8 Å². The summed E-state index contributed by atoms with van der Waals surface area (Å²) in [6.45, 7) is 5.30. The molecule has 0 aromatic carbocycles. The summed E-state index contributed by atoms with van der Waals surface area (Å²) in [6.07, 6.45) is 2.89. The van der Waals surface area contributed by atoms with Gasteiger partial charge in [0.1, 0.15) is 0 Å². The number of carbonyl (C=O) groups excluding carboxylic acids is 1. The molecule has 1 amide bonds. The van der Waals surface area contributed by atoms with E-state index in [-0.39, 0.29) is 11.9 Å². The van der Waals surface area contributed by atoms with Crippen LogP contribution in [0.3, 0.4) is 0 Å². The van der Waals surface area contributed by atoms with Crippen LogP contribution in [0.25, 0.3) is 0 Å². The highest BCUT2D eigenvalue weighted by atomic mass is 32.2. The summed E-state index contributed by atoms with van der Waals surface area (Å²) in [6, 6.07) is 0.181. The third kappa shape index (κ3) is 4.58. The zero-order chi connectivity index (χ0) is 13.6. The van der Waals surface area contributed by atoms with Gasteiger partial charge >= 0.3 is 5.97 Å². The molecule has 0 bridgehead atoms. The predicted molar refractivity (Wildman–Crippen MR) is 71.2 cm³/mol. The van der Waals surface area contributed by atoms with E-state index < -0.39 is 17.8 Å². The Morgan fingerprint density at radius 1 is 1.29 bits per heavy atom. The first-order valence-corrected chi connectivity index (χ1v) is 7.24. The molecule has 3 atom stereocenters. The Hall–Kier alpha value is -0.710. The van der Waals surface area contributed by atoms with Crippen molar-refractivity contribution in [1.82, 2.24) is 4.90 Å². The monoisotopic (exact) mass is 261 g/mol. The lowest BCUT2D eigenvalue weighted by molar-refractivity contribution is -0.149. The molecule has 0 heterocycles. The molecule has 0 aromatic heterocycles. The van der Waals surface area contributed by atoms with Gasteiger partial charge in [0.25, 0.3) is 0 Å². The number of carbonyl (C=O) groups is 2. The minimum absolute atomic E-state index is 0.0826. The van der Waals surface area contributed by atoms with Crippen LogP contribution in [0.1, 0.15) is 27.2 Å². The molecule has 0 aliphatic carbocycles. The topological polar surface area (TPSA) is 57.6 Å². The van der Waals surface area contributed by atoms with Crippen molar-refractivity contribution >= 4 is 23.6 Å². The van der Waals surface area contributed by atoms with Gasteiger partial charge < -0.3 is 10.0 Å². The van der Waals surface area contributed by atoms with Crippen LogP contribution in [0.2, 0.25) is 0 Å². The molecule has 17 heavy (non-hydrogen) atoms. The average molecular weight is 261 g/mol. The highest BCUT2D eigenvalue weighted by molar-refractivity contribution is 7.98. The SMILES string of the molecule is CCC(CSC)N(C)C(=O)C(C)C(C)C(=O)O. The van der Waals surface area contributed by atoms with Crippen molar-refractivity contribution in [3.05, 3.63) is 0 Å². The molecule has 0 saturated carbocycles. The number of carboxylic acids is 1. The maximum absolute atomic E-state index is 12.1. The Bertz CT molecular complexity index is 270. The first-order chi connectivity index (χ1) is 7.86. The Morgan fingerprint density at radius 2 is 1.82 bits per heavy atom. The number of thioether (sulfide) groups is 1. The molecule has 0 saturated heterocycles. The summed E-state index contributed by atoms with van der Waals surface area (Å²) < 4.78 is 0. The molecule has 3 unspecified atom stereocenters. The van der Waals surface area contributed by atoms with E-state index in [2.05, 4.69) is 0 Å². The molecule has 4 nitrogen and oxygen atoms in total. The van der Waals surface area contributed by atoms with Crippen LogP contribution in [0.5, 0.6) is 0 Å². The Kier molecular flexibility index (Phi) is 7.27. The van der Waals surface area contributed by atoms with Crippen LogP contribution in [0.4, 0.5) is 0 Å². The second-order valence-electron chi connectivity index (χ2n) is 4.38. The number of hydrogen-bond donors (Lipinski definition) is 1. The fourth-order valence-electron chi connectivity index (χ4n) is 1.62. The van der Waals surface area contributed by atoms with E-state index in [1.165, 1.54) is 0 Å². The van der Waals surface area contributed by atoms with E-state index >= 15 is 0 Å². The van der Waals surface area contributed by atoms with Gasteiger partial charge in [0.05, 0.1) is 5.92 Å². The molecule has 0 rings (SSSR count). The Labute approximate surface area is 108 Å². The second kappa shape index (κ2) is 7.58. The van der Waals surface area contributed by atoms with E-state index in [0.29, 0.717) is 0 Å². The summed E-state index contributed by atoms with van der Waals surface area (Å²) in [7, 11) is 1.76. The van der Waals surface area contributed by atoms with Crippen molar-refractivity contribution in [2.24, 2.45) is 11.8 Å². The number of amides is 1. The average Bonchev–Trinajstić information content (AvgIpc) is 2.32. The van der Waals surface area contributed by atoms with Gasteiger partial charge in [0.15, 0.2) is 0 Å². The van der Waals surface area contributed by atoms with E-state index in [0.717, 1.165) is 12.2 Å². The van der Waals surface area contributed by atoms with Crippen molar-refractivity contribution in [3.8, 4) is 0 Å². The smallest absolute Gasteiger partial charge is 0.307 e. The third-order valence-electron chi connectivity index (χ3n) is 3.25. The summed E-state index contributed by atoms with van der Waals surface area (Å²) in [5.74, 6) is -1.24. The van der Waals surface area contributed by atoms with Gasteiger partial charge in [0, 0.05) is 24.8 Å². The molecular weight excluding hydrogens is 238 g/mol. The molecule has 0 fully saturated rings. The molecule has 0 aliphatic rings. The summed E-state index contributed by atoms with van der Waals surface area (Å²) in [5.41, 5.74) is 0. The predicted octanol–water partition coefficient (Wildman–Crippen LogP) is 1.94. The van der Waals surface area contributed by atoms with Gasteiger partial charge in [-0.25, -0.2) is 0 Å². The van der Waals surface area contributed by atoms with Gasteiger partial charge in [-0.3, -0.25) is 9.59 Å². The molecule has 0 aromatic rings. The maximum Gasteiger partial charge on any atom is 0.307 e. The molecule has 100 valence electrons. The minimum Gasteiger partial charge on any atom is -0.481 e. The fraction of sp³-hybridized carbons (Fsp3) is 0.833. The third-order valence-corrected chi connectivity index (χ3v) is 3.97. The number of carboxylic acid groups (broad SMARTS) is 1. The van der Waals surface area contributed by atoms with Gasteiger partial charge in [-0.1, -0.05) is 20.8 Å². The van der Waals surface area contributed by atoms with Crippen LogP contribution in [-0.2, 0) is 9.59 Å². The van der Waals surface area contributed by atoms with E-state index in [1.54, 1.807) is 37.6 Å². The van der Waals surface area contributed by atoms with Gasteiger partial charge in [-0.15, -0.1) is 0 Å². The summed E-state index contributed by atoms with van der Waals surface area (Å²) >= 11 is 1.70. The van der Waals surface area contributed by atoms with Crippen molar-refractivity contribution in [2.45, 2.75) is 33.2 Å². The molecular formula is C12H23NO3S. The molecule has 1 N–H and O–H groups in total. The zero-order valence-corrected chi connectivity index (χ0v) is 12.1. The van der Waals surface area contributed by atoms with Crippen molar-refractivity contribution < 1.29 is 14.7 Å². The van der Waals surface area contributed by atoms with Crippen LogP contribution < -0.4 is 0 Å². The quantitative estimate of drug-likeness (QED) is 0.761. The van der Waals surface area contributed by atoms with Crippen LogP contribution in [-0.4, -0.2) is 47.0 Å². The van der Waals surface area contributed by atoms with Crippen molar-refractivity contribution in [3.63, 3.8) is 0 Å². The summed E-state index contributed by atoms with van der Waals surface area (Å²) in [5, 5.41) is 8.91. The normalized spacial score (nSPS) is 16.1. The number of nitrogens with zero attached hydrogens (tertiary/aromatic N) is 1. The number of aliphatic carboxylic acids is 1. The van der Waals surface area contributed by atoms with Crippen molar-refractivity contribution in [2.75, 3.05) is 19.1 Å². The minimum atomic E-state index is -0.919. The first kappa shape index (κ1) is 16.3. The largest absolute Gasteiger partial charge is 0.481 e. The maximum atomic E-state index is 12.1.